The van der Waals surface area contributed by atoms with Gasteiger partial charge < -0.3 is 5.11 Å². The SMILES string of the molecule is CC(C)C(Sc1ncc(Cl)cc1[N+](=O)[O-])C(=O)O. The lowest BCUT2D eigenvalue weighted by Gasteiger charge is -2.14. The average molecular weight is 291 g/mol. The molecule has 0 aliphatic heterocycles. The van der Waals surface area contributed by atoms with Crippen LogP contribution in [0.1, 0.15) is 13.8 Å². The maximum atomic E-state index is 11.0. The van der Waals surface area contributed by atoms with E-state index in [9.17, 15) is 14.9 Å². The lowest BCUT2D eigenvalue weighted by molar-refractivity contribution is -0.388. The van der Waals surface area contributed by atoms with Crippen LogP contribution in [0.3, 0.4) is 0 Å². The maximum absolute atomic E-state index is 11.0. The summed E-state index contributed by atoms with van der Waals surface area (Å²) in [6.45, 7) is 3.46. The van der Waals surface area contributed by atoms with Crippen LogP contribution in [0.2, 0.25) is 5.02 Å². The van der Waals surface area contributed by atoms with E-state index in [1.807, 2.05) is 0 Å². The van der Waals surface area contributed by atoms with Crippen molar-refractivity contribution in [2.24, 2.45) is 5.92 Å². The van der Waals surface area contributed by atoms with E-state index in [2.05, 4.69) is 4.98 Å². The molecule has 0 saturated heterocycles. The number of carbonyl (C=O) groups is 1. The zero-order valence-corrected chi connectivity index (χ0v) is 11.2. The van der Waals surface area contributed by atoms with E-state index >= 15 is 0 Å². The molecule has 1 aromatic rings. The van der Waals surface area contributed by atoms with Gasteiger partial charge in [0.15, 0.2) is 5.03 Å². The lowest BCUT2D eigenvalue weighted by atomic mass is 10.1. The smallest absolute Gasteiger partial charge is 0.317 e. The van der Waals surface area contributed by atoms with Crippen molar-refractivity contribution in [3.05, 3.63) is 27.4 Å². The first kappa shape index (κ1) is 14.7. The van der Waals surface area contributed by atoms with E-state index in [0.717, 1.165) is 17.8 Å². The second-order valence-electron chi connectivity index (χ2n) is 3.86. The first-order chi connectivity index (χ1) is 8.32. The molecule has 1 atom stereocenters. The monoisotopic (exact) mass is 290 g/mol. The highest BCUT2D eigenvalue weighted by Crippen LogP contribution is 2.34. The topological polar surface area (TPSA) is 93.3 Å². The van der Waals surface area contributed by atoms with Crippen LogP contribution in [0, 0.1) is 16.0 Å². The number of carboxylic acid groups (broad SMARTS) is 1. The highest BCUT2D eigenvalue weighted by Gasteiger charge is 2.27. The van der Waals surface area contributed by atoms with Gasteiger partial charge in [0, 0.05) is 12.3 Å². The average Bonchev–Trinajstić information content (AvgIpc) is 2.25. The van der Waals surface area contributed by atoms with Crippen LogP contribution < -0.4 is 0 Å². The van der Waals surface area contributed by atoms with Crippen molar-refractivity contribution in [1.29, 1.82) is 0 Å². The minimum atomic E-state index is -1.03. The summed E-state index contributed by atoms with van der Waals surface area (Å²) >= 11 is 6.49. The van der Waals surface area contributed by atoms with Gasteiger partial charge in [0.25, 0.3) is 0 Å². The Kier molecular flexibility index (Phi) is 4.92. The van der Waals surface area contributed by atoms with Gasteiger partial charge in [0.2, 0.25) is 0 Å². The Morgan fingerprint density at radius 2 is 2.22 bits per heavy atom. The number of nitro groups is 1. The van der Waals surface area contributed by atoms with Crippen molar-refractivity contribution in [3.63, 3.8) is 0 Å². The van der Waals surface area contributed by atoms with Gasteiger partial charge in [-0.2, -0.15) is 0 Å². The van der Waals surface area contributed by atoms with Crippen LogP contribution in [0.5, 0.6) is 0 Å². The summed E-state index contributed by atoms with van der Waals surface area (Å²) < 4.78 is 0. The first-order valence-corrected chi connectivity index (χ1v) is 6.28. The Morgan fingerprint density at radius 3 is 2.67 bits per heavy atom. The molecule has 0 spiro atoms. The molecule has 0 saturated carbocycles. The van der Waals surface area contributed by atoms with Crippen LogP contribution in [0.4, 0.5) is 5.69 Å². The van der Waals surface area contributed by atoms with E-state index in [-0.39, 0.29) is 21.7 Å². The van der Waals surface area contributed by atoms with Crippen molar-refractivity contribution < 1.29 is 14.8 Å². The quantitative estimate of drug-likeness (QED) is 0.509. The van der Waals surface area contributed by atoms with Gasteiger partial charge >= 0.3 is 11.7 Å². The van der Waals surface area contributed by atoms with E-state index in [0.29, 0.717) is 0 Å². The number of aromatic nitrogens is 1. The fourth-order valence-electron chi connectivity index (χ4n) is 1.23. The van der Waals surface area contributed by atoms with E-state index < -0.39 is 16.1 Å². The third-order valence-electron chi connectivity index (χ3n) is 2.08. The van der Waals surface area contributed by atoms with E-state index in [4.69, 9.17) is 16.7 Å². The molecule has 0 bridgehead atoms. The van der Waals surface area contributed by atoms with Crippen LogP contribution in [-0.2, 0) is 4.79 Å². The molecule has 1 aromatic heterocycles. The standard InChI is InChI=1S/C10H11ClN2O4S/c1-5(2)8(10(14)15)18-9-7(13(16)17)3-6(11)4-12-9/h3-5,8H,1-2H3,(H,14,15). The Hall–Kier alpha value is -1.34. The molecule has 6 nitrogen and oxygen atoms in total. The molecule has 0 aliphatic rings. The summed E-state index contributed by atoms with van der Waals surface area (Å²) in [5, 5.41) is 19.3. The third-order valence-corrected chi connectivity index (χ3v) is 3.83. The highest BCUT2D eigenvalue weighted by atomic mass is 35.5. The summed E-state index contributed by atoms with van der Waals surface area (Å²) in [4.78, 5) is 25.1. The second-order valence-corrected chi connectivity index (χ2v) is 5.42. The highest BCUT2D eigenvalue weighted by molar-refractivity contribution is 8.00. The number of nitrogens with zero attached hydrogens (tertiary/aromatic N) is 2. The molecule has 0 aromatic carbocycles. The largest absolute Gasteiger partial charge is 0.480 e. The zero-order valence-electron chi connectivity index (χ0n) is 9.66. The van der Waals surface area contributed by atoms with Crippen LogP contribution in [0.25, 0.3) is 0 Å². The number of pyridine rings is 1. The molecule has 18 heavy (non-hydrogen) atoms. The molecule has 0 fully saturated rings. The number of hydrogen-bond acceptors (Lipinski definition) is 5. The predicted octanol–water partition coefficient (Wildman–Crippen LogP) is 2.84. The fourth-order valence-corrected chi connectivity index (χ4v) is 2.36. The molecule has 8 heteroatoms. The van der Waals surface area contributed by atoms with Crippen molar-refractivity contribution in [1.82, 2.24) is 4.98 Å². The number of halogens is 1. The summed E-state index contributed by atoms with van der Waals surface area (Å²) in [6.07, 6.45) is 1.26. The van der Waals surface area contributed by atoms with Crippen LogP contribution in [-0.4, -0.2) is 26.2 Å². The van der Waals surface area contributed by atoms with Crippen molar-refractivity contribution in [2.75, 3.05) is 0 Å². The van der Waals surface area contributed by atoms with Crippen molar-refractivity contribution >= 4 is 35.0 Å². The maximum Gasteiger partial charge on any atom is 0.317 e. The molecule has 0 radical (unpaired) electrons. The minimum absolute atomic E-state index is 0.0606. The van der Waals surface area contributed by atoms with Gasteiger partial charge in [-0.3, -0.25) is 14.9 Å². The van der Waals surface area contributed by atoms with E-state index in [1.165, 1.54) is 6.20 Å². The van der Waals surface area contributed by atoms with E-state index in [1.54, 1.807) is 13.8 Å². The molecular weight excluding hydrogens is 280 g/mol. The van der Waals surface area contributed by atoms with Crippen molar-refractivity contribution in [2.45, 2.75) is 24.1 Å². The van der Waals surface area contributed by atoms with Gasteiger partial charge in [-0.05, 0) is 5.92 Å². The van der Waals surface area contributed by atoms with Gasteiger partial charge in [-0.25, -0.2) is 4.98 Å². The number of hydrogen-bond donors (Lipinski definition) is 1. The molecule has 1 heterocycles. The van der Waals surface area contributed by atoms with Crippen LogP contribution in [0.15, 0.2) is 17.3 Å². The number of thioether (sulfide) groups is 1. The molecule has 1 N–H and O–H groups in total. The van der Waals surface area contributed by atoms with Gasteiger partial charge in [0.1, 0.15) is 5.25 Å². The zero-order chi connectivity index (χ0) is 13.9. The predicted molar refractivity (Wildman–Crippen MR) is 68.0 cm³/mol. The van der Waals surface area contributed by atoms with Crippen LogP contribution >= 0.6 is 23.4 Å². The first-order valence-electron chi connectivity index (χ1n) is 5.02. The number of aliphatic carboxylic acids is 1. The Bertz CT molecular complexity index is 481. The fraction of sp³-hybridized carbons (Fsp3) is 0.400. The molecule has 0 aliphatic carbocycles. The molecule has 0 amide bonds. The Balaban J connectivity index is 3.10. The molecule has 1 rings (SSSR count). The summed E-state index contributed by atoms with van der Waals surface area (Å²) in [5.41, 5.74) is -0.278. The van der Waals surface area contributed by atoms with Gasteiger partial charge in [-0.1, -0.05) is 37.2 Å². The summed E-state index contributed by atoms with van der Waals surface area (Å²) in [7, 11) is 0. The van der Waals surface area contributed by atoms with Gasteiger partial charge in [-0.15, -0.1) is 0 Å². The number of rotatable bonds is 5. The van der Waals surface area contributed by atoms with Gasteiger partial charge in [0.05, 0.1) is 9.95 Å². The third kappa shape index (κ3) is 3.58. The number of carboxylic acids is 1. The molecular formula is C10H11ClN2O4S. The summed E-state index contributed by atoms with van der Waals surface area (Å²) in [5.74, 6) is -1.20. The Labute approximate surface area is 113 Å². The van der Waals surface area contributed by atoms with Crippen molar-refractivity contribution in [3.8, 4) is 0 Å². The minimum Gasteiger partial charge on any atom is -0.480 e. The second kappa shape index (κ2) is 6.01. The Morgan fingerprint density at radius 1 is 1.61 bits per heavy atom. The summed E-state index contributed by atoms with van der Waals surface area (Å²) in [6, 6.07) is 1.16. The molecule has 1 unspecified atom stereocenters. The normalized spacial score (nSPS) is 12.4. The lowest BCUT2D eigenvalue weighted by Crippen LogP contribution is -2.22. The molecule has 98 valence electrons.